The van der Waals surface area contributed by atoms with Gasteiger partial charge < -0.3 is 10.2 Å². The highest BCUT2D eigenvalue weighted by molar-refractivity contribution is 5.21. The van der Waals surface area contributed by atoms with E-state index in [2.05, 4.69) is 4.90 Å². The summed E-state index contributed by atoms with van der Waals surface area (Å²) in [4.78, 5) is 2.22. The van der Waals surface area contributed by atoms with E-state index >= 15 is 0 Å². The zero-order valence-corrected chi connectivity index (χ0v) is 11.0. The number of rotatable bonds is 4. The van der Waals surface area contributed by atoms with Gasteiger partial charge in [0.25, 0.3) is 0 Å². The van der Waals surface area contributed by atoms with Crippen LogP contribution in [0.4, 0.5) is 0 Å². The maximum Gasteiger partial charge on any atom is 0.0994 e. The van der Waals surface area contributed by atoms with E-state index in [-0.39, 0.29) is 12.6 Å². The molecule has 0 radical (unpaired) electrons. The Balaban J connectivity index is 2.07. The first kappa shape index (κ1) is 13.5. The van der Waals surface area contributed by atoms with Crippen LogP contribution in [0.3, 0.4) is 0 Å². The van der Waals surface area contributed by atoms with Crippen molar-refractivity contribution < 1.29 is 10.2 Å². The molecule has 0 aromatic heterocycles. The number of piperidine rings is 1. The minimum atomic E-state index is -0.855. The number of benzene rings is 1. The molecular weight excluding hydrogens is 226 g/mol. The number of likely N-dealkylation sites (tertiary alicyclic amines) is 1. The van der Waals surface area contributed by atoms with Crippen molar-refractivity contribution in [2.75, 3.05) is 19.7 Å². The van der Waals surface area contributed by atoms with Crippen molar-refractivity contribution in [2.24, 2.45) is 0 Å². The zero-order valence-electron chi connectivity index (χ0n) is 11.0. The molecular formula is C15H23NO2. The molecule has 0 saturated carbocycles. The van der Waals surface area contributed by atoms with Crippen LogP contribution in [0.5, 0.6) is 0 Å². The zero-order chi connectivity index (χ0) is 13.0. The third-order valence-corrected chi connectivity index (χ3v) is 3.87. The van der Waals surface area contributed by atoms with Crippen LogP contribution in [0, 0.1) is 0 Å². The van der Waals surface area contributed by atoms with Crippen LogP contribution in [0.25, 0.3) is 0 Å². The summed E-state index contributed by atoms with van der Waals surface area (Å²) < 4.78 is 0. The Morgan fingerprint density at radius 1 is 1.28 bits per heavy atom. The van der Waals surface area contributed by atoms with E-state index in [1.54, 1.807) is 0 Å². The van der Waals surface area contributed by atoms with Gasteiger partial charge in [0.2, 0.25) is 0 Å². The first-order valence-electron chi connectivity index (χ1n) is 6.76. The van der Waals surface area contributed by atoms with Crippen molar-refractivity contribution in [2.45, 2.75) is 37.8 Å². The fourth-order valence-electron chi connectivity index (χ4n) is 2.76. The minimum absolute atomic E-state index is 0.185. The maximum atomic E-state index is 10.6. The lowest BCUT2D eigenvalue weighted by Gasteiger charge is -2.39. The Hall–Kier alpha value is -0.900. The molecule has 2 N–H and O–H groups in total. The number of nitrogens with zero attached hydrogens (tertiary/aromatic N) is 1. The van der Waals surface area contributed by atoms with E-state index in [9.17, 15) is 10.2 Å². The van der Waals surface area contributed by atoms with Crippen LogP contribution in [-0.2, 0) is 5.60 Å². The summed E-state index contributed by atoms with van der Waals surface area (Å²) in [5.41, 5.74) is 0.0821. The van der Waals surface area contributed by atoms with Crippen LogP contribution >= 0.6 is 0 Å². The smallest absolute Gasteiger partial charge is 0.0994 e. The average molecular weight is 249 g/mol. The summed E-state index contributed by atoms with van der Waals surface area (Å²) >= 11 is 0. The Kier molecular flexibility index (Phi) is 4.38. The van der Waals surface area contributed by atoms with E-state index in [1.165, 1.54) is 6.42 Å². The predicted octanol–water partition coefficient (Wildman–Crippen LogP) is 1.74. The third-order valence-electron chi connectivity index (χ3n) is 3.87. The molecule has 18 heavy (non-hydrogen) atoms. The molecule has 1 fully saturated rings. The van der Waals surface area contributed by atoms with Gasteiger partial charge in [0.05, 0.1) is 12.2 Å². The Labute approximate surface area is 109 Å². The quantitative estimate of drug-likeness (QED) is 0.854. The first-order valence-corrected chi connectivity index (χ1v) is 6.76. The first-order chi connectivity index (χ1) is 8.63. The third kappa shape index (κ3) is 3.10. The van der Waals surface area contributed by atoms with Gasteiger partial charge in [-0.05, 0) is 31.9 Å². The van der Waals surface area contributed by atoms with E-state index in [1.807, 2.05) is 37.3 Å². The number of aliphatic hydroxyl groups is 2. The molecule has 100 valence electrons. The normalized spacial score (nSPS) is 24.7. The fourth-order valence-corrected chi connectivity index (χ4v) is 2.76. The van der Waals surface area contributed by atoms with Gasteiger partial charge >= 0.3 is 0 Å². The molecule has 3 heteroatoms. The molecule has 2 atom stereocenters. The minimum Gasteiger partial charge on any atom is -0.395 e. The lowest BCUT2D eigenvalue weighted by atomic mass is 9.93. The van der Waals surface area contributed by atoms with Crippen LogP contribution in [0.1, 0.15) is 31.7 Å². The SMILES string of the molecule is CC(O)(CN1CCCCC1CO)c1ccccc1. The molecule has 0 bridgehead atoms. The summed E-state index contributed by atoms with van der Waals surface area (Å²) in [6, 6.07) is 9.97. The molecule has 3 nitrogen and oxygen atoms in total. The summed E-state index contributed by atoms with van der Waals surface area (Å²) in [6.07, 6.45) is 3.36. The van der Waals surface area contributed by atoms with Gasteiger partial charge in [-0.3, -0.25) is 4.90 Å². The molecule has 1 saturated heterocycles. The van der Waals surface area contributed by atoms with Crippen molar-refractivity contribution >= 4 is 0 Å². The number of hydrogen-bond acceptors (Lipinski definition) is 3. The second kappa shape index (κ2) is 5.83. The fraction of sp³-hybridized carbons (Fsp3) is 0.600. The van der Waals surface area contributed by atoms with E-state index in [4.69, 9.17) is 0 Å². The Morgan fingerprint density at radius 3 is 2.67 bits per heavy atom. The lowest BCUT2D eigenvalue weighted by Crippen LogP contribution is -2.48. The van der Waals surface area contributed by atoms with Gasteiger partial charge in [0.15, 0.2) is 0 Å². The number of hydrogen-bond donors (Lipinski definition) is 2. The van der Waals surface area contributed by atoms with Crippen molar-refractivity contribution in [3.63, 3.8) is 0 Å². The average Bonchev–Trinajstić information content (AvgIpc) is 2.40. The number of aliphatic hydroxyl groups excluding tert-OH is 1. The molecule has 2 unspecified atom stereocenters. The van der Waals surface area contributed by atoms with Crippen LogP contribution in [0.2, 0.25) is 0 Å². The number of β-amino-alcohol motifs (C(OH)–C–C–N with tert-alkyl or cyclic N) is 1. The van der Waals surface area contributed by atoms with Crippen molar-refractivity contribution in [3.8, 4) is 0 Å². The monoisotopic (exact) mass is 249 g/mol. The molecule has 1 heterocycles. The molecule has 0 aliphatic carbocycles. The van der Waals surface area contributed by atoms with Crippen LogP contribution in [-0.4, -0.2) is 40.9 Å². The summed E-state index contributed by atoms with van der Waals surface area (Å²) in [6.45, 7) is 3.59. The predicted molar refractivity (Wildman–Crippen MR) is 72.3 cm³/mol. The summed E-state index contributed by atoms with van der Waals surface area (Å²) in [5, 5.41) is 20.0. The van der Waals surface area contributed by atoms with Crippen molar-refractivity contribution in [3.05, 3.63) is 35.9 Å². The molecule has 2 rings (SSSR count). The van der Waals surface area contributed by atoms with Gasteiger partial charge in [-0.15, -0.1) is 0 Å². The second-order valence-corrected chi connectivity index (χ2v) is 5.44. The van der Waals surface area contributed by atoms with E-state index in [0.29, 0.717) is 6.54 Å². The second-order valence-electron chi connectivity index (χ2n) is 5.44. The van der Waals surface area contributed by atoms with Gasteiger partial charge in [-0.1, -0.05) is 36.8 Å². The molecule has 0 amide bonds. The molecule has 1 aromatic rings. The van der Waals surface area contributed by atoms with Crippen molar-refractivity contribution in [1.82, 2.24) is 4.90 Å². The van der Waals surface area contributed by atoms with Gasteiger partial charge in [-0.2, -0.15) is 0 Å². The Morgan fingerprint density at radius 2 is 2.00 bits per heavy atom. The maximum absolute atomic E-state index is 10.6. The van der Waals surface area contributed by atoms with Crippen LogP contribution < -0.4 is 0 Å². The van der Waals surface area contributed by atoms with E-state index in [0.717, 1.165) is 24.9 Å². The van der Waals surface area contributed by atoms with Gasteiger partial charge in [-0.25, -0.2) is 0 Å². The van der Waals surface area contributed by atoms with Crippen LogP contribution in [0.15, 0.2) is 30.3 Å². The summed E-state index contributed by atoms with van der Waals surface area (Å²) in [5.74, 6) is 0. The topological polar surface area (TPSA) is 43.7 Å². The lowest BCUT2D eigenvalue weighted by molar-refractivity contribution is -0.0177. The molecule has 1 aliphatic heterocycles. The largest absolute Gasteiger partial charge is 0.395 e. The van der Waals surface area contributed by atoms with Gasteiger partial charge in [0.1, 0.15) is 0 Å². The van der Waals surface area contributed by atoms with E-state index < -0.39 is 5.60 Å². The highest BCUT2D eigenvalue weighted by atomic mass is 16.3. The Bertz CT molecular complexity index is 364. The molecule has 1 aromatic carbocycles. The highest BCUT2D eigenvalue weighted by Crippen LogP contribution is 2.25. The summed E-state index contributed by atoms with van der Waals surface area (Å²) in [7, 11) is 0. The standard InChI is InChI=1S/C15H23NO2/c1-15(18,13-7-3-2-4-8-13)12-16-10-6-5-9-14(16)11-17/h2-4,7-8,14,17-18H,5-6,9-12H2,1H3. The molecule has 0 spiro atoms. The van der Waals surface area contributed by atoms with Crippen molar-refractivity contribution in [1.29, 1.82) is 0 Å². The molecule has 1 aliphatic rings. The highest BCUT2D eigenvalue weighted by Gasteiger charge is 2.30. The van der Waals surface area contributed by atoms with Gasteiger partial charge in [0, 0.05) is 12.6 Å².